The lowest BCUT2D eigenvalue weighted by atomic mass is 9.98. The lowest BCUT2D eigenvalue weighted by Gasteiger charge is -2.14. The van der Waals surface area contributed by atoms with Gasteiger partial charge >= 0.3 is 0 Å². The third-order valence-corrected chi connectivity index (χ3v) is 5.23. The maximum atomic E-state index is 6.00. The van der Waals surface area contributed by atoms with E-state index in [1.807, 2.05) is 73.1 Å². The third-order valence-electron chi connectivity index (χ3n) is 5.23. The largest absolute Gasteiger partial charge is 0.493 e. The second-order valence-corrected chi connectivity index (χ2v) is 7.21. The molecule has 0 spiro atoms. The minimum Gasteiger partial charge on any atom is -0.493 e. The highest BCUT2D eigenvalue weighted by Gasteiger charge is 2.13. The Bertz CT molecular complexity index is 1330. The molecule has 152 valence electrons. The second-order valence-electron chi connectivity index (χ2n) is 7.21. The summed E-state index contributed by atoms with van der Waals surface area (Å²) in [7, 11) is 1.65. The van der Waals surface area contributed by atoms with E-state index in [9.17, 15) is 0 Å². The van der Waals surface area contributed by atoms with Gasteiger partial charge in [-0.15, -0.1) is 0 Å². The maximum Gasteiger partial charge on any atom is 0.161 e. The number of H-pyrrole nitrogens is 1. The summed E-state index contributed by atoms with van der Waals surface area (Å²) in [6.45, 7) is 0.482. The topological polar surface area (TPSA) is 60.0 Å². The van der Waals surface area contributed by atoms with E-state index in [1.165, 1.54) is 0 Å². The molecule has 0 saturated carbocycles. The van der Waals surface area contributed by atoms with Crippen LogP contribution in [0.5, 0.6) is 11.5 Å². The average Bonchev–Trinajstić information content (AvgIpc) is 3.31. The molecule has 3 aromatic carbocycles. The first-order chi connectivity index (χ1) is 15.3. The highest BCUT2D eigenvalue weighted by molar-refractivity contribution is 5.88. The van der Waals surface area contributed by atoms with Crippen LogP contribution in [0.3, 0.4) is 0 Å². The Morgan fingerprint density at radius 1 is 0.839 bits per heavy atom. The molecule has 31 heavy (non-hydrogen) atoms. The van der Waals surface area contributed by atoms with Crippen LogP contribution in [0.1, 0.15) is 5.56 Å². The molecule has 0 unspecified atom stereocenters. The first-order valence-electron chi connectivity index (χ1n) is 10.1. The smallest absolute Gasteiger partial charge is 0.161 e. The van der Waals surface area contributed by atoms with Crippen LogP contribution >= 0.6 is 0 Å². The zero-order valence-corrected chi connectivity index (χ0v) is 17.1. The van der Waals surface area contributed by atoms with Crippen LogP contribution in [0.2, 0.25) is 0 Å². The monoisotopic (exact) mass is 407 g/mol. The Morgan fingerprint density at radius 2 is 1.71 bits per heavy atom. The van der Waals surface area contributed by atoms with Crippen molar-refractivity contribution in [1.82, 2.24) is 15.2 Å². The molecule has 0 radical (unpaired) electrons. The van der Waals surface area contributed by atoms with Crippen molar-refractivity contribution < 1.29 is 9.47 Å². The third kappa shape index (κ3) is 3.85. The standard InChI is InChI=1S/C26H21N3O2/c1-30-25-15-20(10-12-24(25)31-17-18-6-3-2-4-7-18)26-22(8-5-13-27-26)19-9-11-23-21(14-19)16-28-29-23/h2-16H,17H2,1H3,(H,28,29). The average molecular weight is 407 g/mol. The molecule has 0 aliphatic heterocycles. The summed E-state index contributed by atoms with van der Waals surface area (Å²) in [6.07, 6.45) is 3.64. The number of benzene rings is 3. The van der Waals surface area contributed by atoms with E-state index in [4.69, 9.17) is 9.47 Å². The van der Waals surface area contributed by atoms with Crippen LogP contribution in [-0.4, -0.2) is 22.3 Å². The number of methoxy groups -OCH3 is 1. The van der Waals surface area contributed by atoms with E-state index >= 15 is 0 Å². The quantitative estimate of drug-likeness (QED) is 0.382. The maximum absolute atomic E-state index is 6.00. The van der Waals surface area contributed by atoms with Crippen molar-refractivity contribution >= 4 is 10.9 Å². The van der Waals surface area contributed by atoms with Gasteiger partial charge in [0.15, 0.2) is 11.5 Å². The van der Waals surface area contributed by atoms with Gasteiger partial charge in [-0.2, -0.15) is 5.10 Å². The van der Waals surface area contributed by atoms with Gasteiger partial charge < -0.3 is 9.47 Å². The highest BCUT2D eigenvalue weighted by Crippen LogP contribution is 2.36. The molecule has 5 rings (SSSR count). The van der Waals surface area contributed by atoms with Crippen LogP contribution in [0.25, 0.3) is 33.3 Å². The SMILES string of the molecule is COc1cc(-c2ncccc2-c2ccc3[nH]ncc3c2)ccc1OCc1ccccc1. The summed E-state index contributed by atoms with van der Waals surface area (Å²) in [6, 6.07) is 26.3. The Kier molecular flexibility index (Phi) is 5.07. The van der Waals surface area contributed by atoms with Crippen molar-refractivity contribution in [3.05, 3.63) is 96.8 Å². The first-order valence-corrected chi connectivity index (χ1v) is 10.1. The van der Waals surface area contributed by atoms with Crippen LogP contribution in [0, 0.1) is 0 Å². The number of nitrogens with one attached hydrogen (secondary N) is 1. The fraction of sp³-hybridized carbons (Fsp3) is 0.0769. The Labute approximate surface area is 180 Å². The molecule has 0 saturated heterocycles. The van der Waals surface area contributed by atoms with Gasteiger partial charge in [0, 0.05) is 22.7 Å². The lowest BCUT2D eigenvalue weighted by Crippen LogP contribution is -1.98. The molecule has 0 aliphatic carbocycles. The molecule has 2 aromatic heterocycles. The number of aromatic nitrogens is 3. The first kappa shape index (κ1) is 18.9. The van der Waals surface area contributed by atoms with E-state index in [-0.39, 0.29) is 0 Å². The van der Waals surface area contributed by atoms with Crippen molar-refractivity contribution in [3.8, 4) is 33.9 Å². The van der Waals surface area contributed by atoms with Crippen LogP contribution in [-0.2, 0) is 6.61 Å². The fourth-order valence-electron chi connectivity index (χ4n) is 3.65. The van der Waals surface area contributed by atoms with Gasteiger partial charge in [-0.1, -0.05) is 42.5 Å². The predicted octanol–water partition coefficient (Wildman–Crippen LogP) is 5.88. The van der Waals surface area contributed by atoms with Gasteiger partial charge in [0.2, 0.25) is 0 Å². The fourth-order valence-corrected chi connectivity index (χ4v) is 3.65. The molecule has 5 nitrogen and oxygen atoms in total. The summed E-state index contributed by atoms with van der Waals surface area (Å²) in [4.78, 5) is 4.67. The molecule has 1 N–H and O–H groups in total. The van der Waals surface area contributed by atoms with Crippen molar-refractivity contribution in [2.75, 3.05) is 7.11 Å². The zero-order valence-electron chi connectivity index (χ0n) is 17.1. The molecule has 0 bridgehead atoms. The minimum atomic E-state index is 0.482. The zero-order chi connectivity index (χ0) is 21.0. The molecule has 0 aliphatic rings. The number of rotatable bonds is 6. The lowest BCUT2D eigenvalue weighted by molar-refractivity contribution is 0.284. The summed E-state index contributed by atoms with van der Waals surface area (Å²) in [5.74, 6) is 1.38. The highest BCUT2D eigenvalue weighted by atomic mass is 16.5. The number of hydrogen-bond donors (Lipinski definition) is 1. The van der Waals surface area contributed by atoms with Gasteiger partial charge in [0.25, 0.3) is 0 Å². The van der Waals surface area contributed by atoms with Gasteiger partial charge in [-0.3, -0.25) is 10.1 Å². The van der Waals surface area contributed by atoms with E-state index < -0.39 is 0 Å². The van der Waals surface area contributed by atoms with E-state index in [0.717, 1.165) is 38.9 Å². The Balaban J connectivity index is 1.49. The second kappa shape index (κ2) is 8.32. The molecule has 2 heterocycles. The van der Waals surface area contributed by atoms with Crippen molar-refractivity contribution in [1.29, 1.82) is 0 Å². The number of hydrogen-bond acceptors (Lipinski definition) is 4. The van der Waals surface area contributed by atoms with Gasteiger partial charge in [-0.25, -0.2) is 0 Å². The van der Waals surface area contributed by atoms with Crippen LogP contribution in [0.4, 0.5) is 0 Å². The number of pyridine rings is 1. The minimum absolute atomic E-state index is 0.482. The summed E-state index contributed by atoms with van der Waals surface area (Å²) in [5.41, 5.74) is 6.10. The number of fused-ring (bicyclic) bond motifs is 1. The summed E-state index contributed by atoms with van der Waals surface area (Å²) >= 11 is 0. The molecule has 0 atom stereocenters. The van der Waals surface area contributed by atoms with Crippen molar-refractivity contribution in [2.24, 2.45) is 0 Å². The Morgan fingerprint density at radius 3 is 2.58 bits per heavy atom. The van der Waals surface area contributed by atoms with Gasteiger partial charge in [-0.05, 0) is 47.5 Å². The number of nitrogens with zero attached hydrogens (tertiary/aromatic N) is 2. The van der Waals surface area contributed by atoms with E-state index in [0.29, 0.717) is 18.1 Å². The van der Waals surface area contributed by atoms with Crippen molar-refractivity contribution in [3.63, 3.8) is 0 Å². The van der Waals surface area contributed by atoms with Crippen LogP contribution in [0.15, 0.2) is 91.3 Å². The van der Waals surface area contributed by atoms with E-state index in [2.05, 4.69) is 33.4 Å². The summed E-state index contributed by atoms with van der Waals surface area (Å²) < 4.78 is 11.6. The molecule has 5 heteroatoms. The normalized spacial score (nSPS) is 10.9. The summed E-state index contributed by atoms with van der Waals surface area (Å²) in [5, 5.41) is 8.18. The molecule has 0 fully saturated rings. The molecular formula is C26H21N3O2. The van der Waals surface area contributed by atoms with Crippen molar-refractivity contribution in [2.45, 2.75) is 6.61 Å². The van der Waals surface area contributed by atoms with Gasteiger partial charge in [0.05, 0.1) is 24.5 Å². The predicted molar refractivity (Wildman–Crippen MR) is 122 cm³/mol. The van der Waals surface area contributed by atoms with E-state index in [1.54, 1.807) is 7.11 Å². The Hall–Kier alpha value is -4.12. The molecule has 0 amide bonds. The number of ether oxygens (including phenoxy) is 2. The molecule has 5 aromatic rings. The number of aromatic amines is 1. The van der Waals surface area contributed by atoms with Gasteiger partial charge in [0.1, 0.15) is 6.61 Å². The van der Waals surface area contributed by atoms with Crippen LogP contribution < -0.4 is 9.47 Å². The molecular weight excluding hydrogens is 386 g/mol.